The molecule has 0 amide bonds. The Hall–Kier alpha value is -1.48. The van der Waals surface area contributed by atoms with Crippen LogP contribution in [0.25, 0.3) is 11.3 Å². The van der Waals surface area contributed by atoms with Crippen LogP contribution in [0.3, 0.4) is 0 Å². The second-order valence-corrected chi connectivity index (χ2v) is 4.78. The van der Waals surface area contributed by atoms with E-state index >= 15 is 0 Å². The average Bonchev–Trinajstić information content (AvgIpc) is 3.12. The highest BCUT2D eigenvalue weighted by Crippen LogP contribution is 2.39. The third-order valence-corrected chi connectivity index (χ3v) is 3.04. The van der Waals surface area contributed by atoms with Crippen molar-refractivity contribution in [3.8, 4) is 11.3 Å². The number of hydrogen-bond acceptors (Lipinski definition) is 3. The van der Waals surface area contributed by atoms with Crippen LogP contribution in [-0.4, -0.2) is 15.0 Å². The zero-order chi connectivity index (χ0) is 11.8. The molecule has 0 spiro atoms. The van der Waals surface area contributed by atoms with Crippen LogP contribution in [0.1, 0.15) is 30.3 Å². The smallest absolute Gasteiger partial charge is 0.133 e. The van der Waals surface area contributed by atoms with E-state index in [1.807, 2.05) is 25.1 Å². The van der Waals surface area contributed by atoms with Crippen LogP contribution in [0.4, 0.5) is 0 Å². The van der Waals surface area contributed by atoms with Crippen molar-refractivity contribution in [1.29, 1.82) is 0 Å². The van der Waals surface area contributed by atoms with Gasteiger partial charge in [0.05, 0.1) is 5.69 Å². The first-order chi connectivity index (χ1) is 8.22. The summed E-state index contributed by atoms with van der Waals surface area (Å²) >= 11 is 6.04. The molecule has 2 heterocycles. The van der Waals surface area contributed by atoms with Crippen molar-refractivity contribution >= 4 is 11.6 Å². The Bertz CT molecular complexity index is 564. The van der Waals surface area contributed by atoms with Crippen molar-refractivity contribution in [2.24, 2.45) is 0 Å². The van der Waals surface area contributed by atoms with E-state index in [4.69, 9.17) is 11.6 Å². The molecule has 17 heavy (non-hydrogen) atoms. The summed E-state index contributed by atoms with van der Waals surface area (Å²) in [6.45, 7) is 1.97. The molecule has 86 valence electrons. The maximum absolute atomic E-state index is 6.04. The SMILES string of the molecule is Cc1cc(-c2cc(Cl)nc(C3CC3)n2)ccn1. The molecule has 0 bridgehead atoms. The lowest BCUT2D eigenvalue weighted by atomic mass is 10.1. The van der Waals surface area contributed by atoms with Gasteiger partial charge in [-0.05, 0) is 31.9 Å². The standard InChI is InChI=1S/C13H12ClN3/c1-8-6-10(4-5-15-8)11-7-12(14)17-13(16-11)9-2-3-9/h4-7,9H,2-3H2,1H3. The Kier molecular flexibility index (Phi) is 2.56. The first-order valence-corrected chi connectivity index (χ1v) is 6.08. The first kappa shape index (κ1) is 10.7. The number of halogens is 1. The molecule has 1 aliphatic carbocycles. The van der Waals surface area contributed by atoms with E-state index in [1.54, 1.807) is 6.20 Å². The number of pyridine rings is 1. The van der Waals surface area contributed by atoms with Gasteiger partial charge in [0, 0.05) is 29.4 Å². The van der Waals surface area contributed by atoms with Crippen molar-refractivity contribution in [3.05, 3.63) is 41.1 Å². The molecular weight excluding hydrogens is 234 g/mol. The van der Waals surface area contributed by atoms with Gasteiger partial charge >= 0.3 is 0 Å². The van der Waals surface area contributed by atoms with Crippen LogP contribution < -0.4 is 0 Å². The number of aromatic nitrogens is 3. The lowest BCUT2D eigenvalue weighted by Gasteiger charge is -2.05. The summed E-state index contributed by atoms with van der Waals surface area (Å²) in [5.74, 6) is 1.39. The van der Waals surface area contributed by atoms with Gasteiger partial charge in [-0.2, -0.15) is 0 Å². The number of aryl methyl sites for hydroxylation is 1. The van der Waals surface area contributed by atoms with Crippen LogP contribution in [0.2, 0.25) is 5.15 Å². The predicted octanol–water partition coefficient (Wildman–Crippen LogP) is 3.38. The fraction of sp³-hybridized carbons (Fsp3) is 0.308. The van der Waals surface area contributed by atoms with Crippen molar-refractivity contribution < 1.29 is 0 Å². The summed E-state index contributed by atoms with van der Waals surface area (Å²) in [6, 6.07) is 5.76. The largest absolute Gasteiger partial charge is 0.262 e. The van der Waals surface area contributed by atoms with E-state index < -0.39 is 0 Å². The summed E-state index contributed by atoms with van der Waals surface area (Å²) in [7, 11) is 0. The van der Waals surface area contributed by atoms with E-state index in [1.165, 1.54) is 12.8 Å². The van der Waals surface area contributed by atoms with Crippen LogP contribution in [0.5, 0.6) is 0 Å². The van der Waals surface area contributed by atoms with E-state index in [0.717, 1.165) is 22.8 Å². The Morgan fingerprint density at radius 1 is 1.24 bits per heavy atom. The minimum absolute atomic E-state index is 0.510. The fourth-order valence-corrected chi connectivity index (χ4v) is 2.00. The molecule has 3 rings (SSSR count). The highest BCUT2D eigenvalue weighted by atomic mass is 35.5. The second-order valence-electron chi connectivity index (χ2n) is 4.39. The summed E-state index contributed by atoms with van der Waals surface area (Å²) < 4.78 is 0. The van der Waals surface area contributed by atoms with Gasteiger partial charge < -0.3 is 0 Å². The van der Waals surface area contributed by atoms with Gasteiger partial charge in [0.1, 0.15) is 11.0 Å². The molecule has 0 aliphatic heterocycles. The molecule has 0 aromatic carbocycles. The van der Waals surface area contributed by atoms with Crippen LogP contribution in [0, 0.1) is 6.92 Å². The predicted molar refractivity (Wildman–Crippen MR) is 67.0 cm³/mol. The molecule has 4 heteroatoms. The van der Waals surface area contributed by atoms with Crippen molar-refractivity contribution in [2.75, 3.05) is 0 Å². The quantitative estimate of drug-likeness (QED) is 0.762. The first-order valence-electron chi connectivity index (χ1n) is 5.70. The third-order valence-electron chi connectivity index (χ3n) is 2.85. The minimum Gasteiger partial charge on any atom is -0.262 e. The zero-order valence-electron chi connectivity index (χ0n) is 9.52. The monoisotopic (exact) mass is 245 g/mol. The normalized spacial score (nSPS) is 14.9. The molecule has 2 aromatic rings. The topological polar surface area (TPSA) is 38.7 Å². The van der Waals surface area contributed by atoms with Crippen LogP contribution in [0.15, 0.2) is 24.4 Å². The number of rotatable bonds is 2. The molecule has 2 aromatic heterocycles. The van der Waals surface area contributed by atoms with E-state index in [9.17, 15) is 0 Å². The van der Waals surface area contributed by atoms with Gasteiger partial charge in [0.15, 0.2) is 0 Å². The van der Waals surface area contributed by atoms with Crippen LogP contribution in [-0.2, 0) is 0 Å². The minimum atomic E-state index is 0.510. The van der Waals surface area contributed by atoms with E-state index in [0.29, 0.717) is 11.1 Å². The summed E-state index contributed by atoms with van der Waals surface area (Å²) in [6.07, 6.45) is 4.14. The molecule has 0 N–H and O–H groups in total. The lowest BCUT2D eigenvalue weighted by Crippen LogP contribution is -1.96. The molecule has 1 aliphatic rings. The molecule has 1 saturated carbocycles. The lowest BCUT2D eigenvalue weighted by molar-refractivity contribution is 0.930. The second kappa shape index (κ2) is 4.08. The van der Waals surface area contributed by atoms with Crippen molar-refractivity contribution in [3.63, 3.8) is 0 Å². The Labute approximate surface area is 105 Å². The van der Waals surface area contributed by atoms with Crippen LogP contribution >= 0.6 is 11.6 Å². The fourth-order valence-electron chi connectivity index (χ4n) is 1.81. The van der Waals surface area contributed by atoms with Gasteiger partial charge in [0.2, 0.25) is 0 Å². The van der Waals surface area contributed by atoms with Gasteiger partial charge in [0.25, 0.3) is 0 Å². The molecule has 1 fully saturated rings. The van der Waals surface area contributed by atoms with Gasteiger partial charge in [-0.1, -0.05) is 11.6 Å². The molecule has 3 nitrogen and oxygen atoms in total. The zero-order valence-corrected chi connectivity index (χ0v) is 10.3. The number of nitrogens with zero attached hydrogens (tertiary/aromatic N) is 3. The molecule has 0 unspecified atom stereocenters. The summed E-state index contributed by atoms with van der Waals surface area (Å²) in [5.41, 5.74) is 2.91. The Morgan fingerprint density at radius 2 is 2.06 bits per heavy atom. The highest BCUT2D eigenvalue weighted by molar-refractivity contribution is 6.29. The maximum Gasteiger partial charge on any atom is 0.133 e. The molecule has 0 saturated heterocycles. The van der Waals surface area contributed by atoms with Gasteiger partial charge in [-0.3, -0.25) is 4.98 Å². The Morgan fingerprint density at radius 3 is 2.76 bits per heavy atom. The molecule has 0 radical (unpaired) electrons. The van der Waals surface area contributed by atoms with E-state index in [-0.39, 0.29) is 0 Å². The highest BCUT2D eigenvalue weighted by Gasteiger charge is 2.27. The van der Waals surface area contributed by atoms with Crippen molar-refractivity contribution in [1.82, 2.24) is 15.0 Å². The van der Waals surface area contributed by atoms with Gasteiger partial charge in [-0.15, -0.1) is 0 Å². The summed E-state index contributed by atoms with van der Waals surface area (Å²) in [5, 5.41) is 0.520. The Balaban J connectivity index is 2.07. The molecule has 0 atom stereocenters. The maximum atomic E-state index is 6.04. The average molecular weight is 246 g/mol. The number of hydrogen-bond donors (Lipinski definition) is 0. The van der Waals surface area contributed by atoms with Gasteiger partial charge in [-0.25, -0.2) is 9.97 Å². The van der Waals surface area contributed by atoms with E-state index in [2.05, 4.69) is 15.0 Å². The summed E-state index contributed by atoms with van der Waals surface area (Å²) in [4.78, 5) is 13.0. The third kappa shape index (κ3) is 2.29. The van der Waals surface area contributed by atoms with Crippen molar-refractivity contribution in [2.45, 2.75) is 25.7 Å². The molecular formula is C13H12ClN3.